The number of pyridine rings is 1. The summed E-state index contributed by atoms with van der Waals surface area (Å²) in [6.07, 6.45) is 3.04. The largest absolute Gasteiger partial charge is 0.508 e. The number of hydrogen-bond acceptors (Lipinski definition) is 4. The number of benzene rings is 1. The molecule has 0 spiro atoms. The molecule has 1 aliphatic rings. The van der Waals surface area contributed by atoms with Crippen molar-refractivity contribution in [3.63, 3.8) is 0 Å². The molecule has 3 rings (SSSR count). The van der Waals surface area contributed by atoms with Crippen molar-refractivity contribution >= 4 is 35.7 Å². The highest BCUT2D eigenvalue weighted by molar-refractivity contribution is 6.30. The monoisotopic (exact) mass is 379 g/mol. The molecular weight excluding hydrogens is 361 g/mol. The Hall–Kier alpha value is -2.31. The first-order chi connectivity index (χ1) is 11.5. The molecule has 1 aromatic carbocycles. The second-order valence-electron chi connectivity index (χ2n) is 5.84. The van der Waals surface area contributed by atoms with Crippen LogP contribution in [0.3, 0.4) is 0 Å². The standard InChI is InChI=1S/C17H18ClN5O.ClH/c1-9-4-5-21-13-6-10(12-8-11(18)2-3-15(12)24)7-14(16(9)13)22-23-17(19)20;/h2-5,8,10,24H,6-7H2,1H3,(H4,19,20,23);1H. The number of aromatic nitrogens is 1. The Labute approximate surface area is 157 Å². The Balaban J connectivity index is 0.00000225. The molecule has 132 valence electrons. The fraction of sp³-hybridized carbons (Fsp3) is 0.235. The van der Waals surface area contributed by atoms with Gasteiger partial charge in [0.25, 0.3) is 0 Å². The molecule has 1 heterocycles. The topological polar surface area (TPSA) is 107 Å². The van der Waals surface area contributed by atoms with Gasteiger partial charge in [0.2, 0.25) is 5.96 Å². The van der Waals surface area contributed by atoms with Crippen molar-refractivity contribution in [1.29, 1.82) is 5.41 Å². The molecular formula is C17H19Cl2N5O. The molecule has 0 saturated carbocycles. The van der Waals surface area contributed by atoms with Gasteiger partial charge in [0.05, 0.1) is 11.4 Å². The maximum Gasteiger partial charge on any atom is 0.206 e. The minimum atomic E-state index is -0.224. The van der Waals surface area contributed by atoms with E-state index in [1.807, 2.05) is 13.0 Å². The van der Waals surface area contributed by atoms with Crippen molar-refractivity contribution in [2.24, 2.45) is 10.8 Å². The molecule has 8 heteroatoms. The number of phenols is 1. The van der Waals surface area contributed by atoms with Gasteiger partial charge in [-0.25, -0.2) is 5.43 Å². The summed E-state index contributed by atoms with van der Waals surface area (Å²) in [7, 11) is 0. The van der Waals surface area contributed by atoms with E-state index in [9.17, 15) is 5.11 Å². The van der Waals surface area contributed by atoms with E-state index in [1.54, 1.807) is 24.4 Å². The zero-order chi connectivity index (χ0) is 17.3. The number of nitrogens with one attached hydrogen (secondary N) is 2. The number of rotatable bonds is 2. The van der Waals surface area contributed by atoms with E-state index in [2.05, 4.69) is 15.5 Å². The highest BCUT2D eigenvalue weighted by Crippen LogP contribution is 2.38. The van der Waals surface area contributed by atoms with Crippen LogP contribution in [0, 0.1) is 12.3 Å². The second kappa shape index (κ2) is 7.72. The van der Waals surface area contributed by atoms with Crippen LogP contribution in [0.1, 0.15) is 34.7 Å². The van der Waals surface area contributed by atoms with Crippen LogP contribution in [0.5, 0.6) is 5.75 Å². The number of nitrogens with two attached hydrogens (primary N) is 1. The Kier molecular flexibility index (Phi) is 5.87. The van der Waals surface area contributed by atoms with Gasteiger partial charge in [-0.1, -0.05) is 11.6 Å². The third-order valence-electron chi connectivity index (χ3n) is 4.15. The zero-order valence-corrected chi connectivity index (χ0v) is 15.2. The molecule has 2 aromatic rings. The van der Waals surface area contributed by atoms with Crippen LogP contribution in [0.15, 0.2) is 35.6 Å². The van der Waals surface area contributed by atoms with Gasteiger partial charge >= 0.3 is 0 Å². The number of fused-ring (bicyclic) bond motifs is 1. The van der Waals surface area contributed by atoms with Crippen LogP contribution in [-0.2, 0) is 6.42 Å². The highest BCUT2D eigenvalue weighted by atomic mass is 35.5. The fourth-order valence-electron chi connectivity index (χ4n) is 3.11. The number of nitrogens with zero attached hydrogens (tertiary/aromatic N) is 2. The van der Waals surface area contributed by atoms with Crippen LogP contribution in [0.2, 0.25) is 5.02 Å². The molecule has 0 amide bonds. The van der Waals surface area contributed by atoms with Crippen LogP contribution in [-0.4, -0.2) is 21.8 Å². The normalized spacial score (nSPS) is 17.5. The number of phenolic OH excluding ortho intramolecular Hbond substituents is 1. The van der Waals surface area contributed by atoms with Gasteiger partial charge in [-0.2, -0.15) is 5.10 Å². The molecule has 0 radical (unpaired) electrons. The molecule has 0 saturated heterocycles. The Bertz CT molecular complexity index is 838. The van der Waals surface area contributed by atoms with Crippen LogP contribution >= 0.6 is 24.0 Å². The van der Waals surface area contributed by atoms with E-state index in [4.69, 9.17) is 22.7 Å². The maximum absolute atomic E-state index is 10.2. The molecule has 25 heavy (non-hydrogen) atoms. The molecule has 1 unspecified atom stereocenters. The third kappa shape index (κ3) is 4.03. The quantitative estimate of drug-likeness (QED) is 0.365. The van der Waals surface area contributed by atoms with E-state index >= 15 is 0 Å². The summed E-state index contributed by atoms with van der Waals surface area (Å²) in [6, 6.07) is 6.96. The molecule has 0 fully saturated rings. The number of guanidine groups is 1. The summed E-state index contributed by atoms with van der Waals surface area (Å²) in [5, 5.41) is 22.4. The van der Waals surface area contributed by atoms with E-state index in [-0.39, 0.29) is 30.0 Å². The van der Waals surface area contributed by atoms with Crippen molar-refractivity contribution in [2.45, 2.75) is 25.7 Å². The highest BCUT2D eigenvalue weighted by Gasteiger charge is 2.29. The van der Waals surface area contributed by atoms with Crippen LogP contribution in [0.4, 0.5) is 0 Å². The molecule has 0 aliphatic heterocycles. The summed E-state index contributed by atoms with van der Waals surface area (Å²) in [5.74, 6) is -0.0179. The number of aromatic hydroxyl groups is 1. The van der Waals surface area contributed by atoms with E-state index in [0.29, 0.717) is 17.9 Å². The predicted octanol–water partition coefficient (Wildman–Crippen LogP) is 3.09. The average molecular weight is 380 g/mol. The molecule has 5 N–H and O–H groups in total. The van der Waals surface area contributed by atoms with Gasteiger partial charge in [-0.3, -0.25) is 10.4 Å². The van der Waals surface area contributed by atoms with Crippen LogP contribution in [0.25, 0.3) is 0 Å². The van der Waals surface area contributed by atoms with Gasteiger partial charge in [0.15, 0.2) is 0 Å². The lowest BCUT2D eigenvalue weighted by Crippen LogP contribution is -2.29. The summed E-state index contributed by atoms with van der Waals surface area (Å²) in [5.41, 5.74) is 12.4. The molecule has 6 nitrogen and oxygen atoms in total. The molecule has 1 atom stereocenters. The van der Waals surface area contributed by atoms with Crippen molar-refractivity contribution in [2.75, 3.05) is 0 Å². The summed E-state index contributed by atoms with van der Waals surface area (Å²) >= 11 is 6.09. The van der Waals surface area contributed by atoms with E-state index < -0.39 is 0 Å². The Morgan fingerprint density at radius 2 is 2.16 bits per heavy atom. The summed E-state index contributed by atoms with van der Waals surface area (Å²) in [6.45, 7) is 2.00. The van der Waals surface area contributed by atoms with Crippen molar-refractivity contribution in [1.82, 2.24) is 10.4 Å². The van der Waals surface area contributed by atoms with Gasteiger partial charge in [0.1, 0.15) is 5.75 Å². The van der Waals surface area contributed by atoms with Gasteiger partial charge in [0, 0.05) is 16.8 Å². The molecule has 1 aromatic heterocycles. The van der Waals surface area contributed by atoms with Crippen molar-refractivity contribution < 1.29 is 5.11 Å². The van der Waals surface area contributed by atoms with Crippen molar-refractivity contribution in [3.8, 4) is 5.75 Å². The number of halogens is 2. The first-order valence-electron chi connectivity index (χ1n) is 7.55. The Morgan fingerprint density at radius 3 is 2.88 bits per heavy atom. The first kappa shape index (κ1) is 19.0. The van der Waals surface area contributed by atoms with Crippen molar-refractivity contribution in [3.05, 3.63) is 57.9 Å². The summed E-state index contributed by atoms with van der Waals surface area (Å²) in [4.78, 5) is 4.48. The van der Waals surface area contributed by atoms with Gasteiger partial charge in [-0.05, 0) is 61.1 Å². The lowest BCUT2D eigenvalue weighted by atomic mass is 9.79. The zero-order valence-electron chi connectivity index (χ0n) is 13.6. The number of aryl methyl sites for hydroxylation is 1. The molecule has 1 aliphatic carbocycles. The molecule has 0 bridgehead atoms. The van der Waals surface area contributed by atoms with E-state index in [0.717, 1.165) is 28.1 Å². The van der Waals surface area contributed by atoms with Gasteiger partial charge in [-0.15, -0.1) is 12.4 Å². The second-order valence-corrected chi connectivity index (χ2v) is 6.28. The smallest absolute Gasteiger partial charge is 0.206 e. The van der Waals surface area contributed by atoms with Gasteiger partial charge < -0.3 is 10.8 Å². The SMILES string of the molecule is Cc1ccnc2c1C(=NNC(=N)N)CC(c1cc(Cl)ccc1O)C2.Cl. The number of hydrogen-bond donors (Lipinski definition) is 4. The maximum atomic E-state index is 10.2. The average Bonchev–Trinajstić information content (AvgIpc) is 2.54. The fourth-order valence-corrected chi connectivity index (χ4v) is 3.29. The number of hydrazone groups is 1. The minimum Gasteiger partial charge on any atom is -0.508 e. The first-order valence-corrected chi connectivity index (χ1v) is 7.93. The summed E-state index contributed by atoms with van der Waals surface area (Å²) < 4.78 is 0. The third-order valence-corrected chi connectivity index (χ3v) is 4.38. The predicted molar refractivity (Wildman–Crippen MR) is 102 cm³/mol. The van der Waals surface area contributed by atoms with Crippen LogP contribution < -0.4 is 11.2 Å². The Morgan fingerprint density at radius 1 is 1.40 bits per heavy atom. The minimum absolute atomic E-state index is 0. The lowest BCUT2D eigenvalue weighted by Gasteiger charge is -2.27. The lowest BCUT2D eigenvalue weighted by molar-refractivity contribution is 0.460. The van der Waals surface area contributed by atoms with E-state index in [1.165, 1.54) is 0 Å².